The van der Waals surface area contributed by atoms with Crippen molar-refractivity contribution in [3.63, 3.8) is 0 Å². The van der Waals surface area contributed by atoms with Gasteiger partial charge in [-0.2, -0.15) is 0 Å². The maximum Gasteiger partial charge on any atom is 0.270 e. The molecule has 2 N–H and O–H groups in total. The van der Waals surface area contributed by atoms with Gasteiger partial charge in [0.25, 0.3) is 5.91 Å². The molecule has 1 saturated heterocycles. The van der Waals surface area contributed by atoms with Crippen LogP contribution in [-0.4, -0.2) is 36.6 Å². The summed E-state index contributed by atoms with van der Waals surface area (Å²) in [6, 6.07) is 8.04. The topological polar surface area (TPSA) is 63.2 Å². The number of hydrogen-bond acceptors (Lipinski definition) is 5. The van der Waals surface area contributed by atoms with E-state index in [1.165, 1.54) is 11.3 Å². The van der Waals surface area contributed by atoms with E-state index in [0.717, 1.165) is 42.3 Å². The number of aromatic nitrogens is 1. The molecule has 0 radical (unpaired) electrons. The number of carbonyl (C=O) groups is 1. The monoisotopic (exact) mass is 331 g/mol. The molecule has 0 spiro atoms. The van der Waals surface area contributed by atoms with Gasteiger partial charge in [-0.05, 0) is 57.1 Å². The lowest BCUT2D eigenvalue weighted by molar-refractivity contribution is 0.0925. The molecule has 1 aliphatic rings. The Morgan fingerprint density at radius 1 is 1.35 bits per heavy atom. The molecular weight excluding hydrogens is 310 g/mol. The fraction of sp³-hybridized carbons (Fsp3) is 0.412. The number of nitrogens with zero attached hydrogens (tertiary/aromatic N) is 1. The molecule has 2 aromatic rings. The van der Waals surface area contributed by atoms with Crippen LogP contribution >= 0.6 is 11.3 Å². The van der Waals surface area contributed by atoms with Gasteiger partial charge in [-0.15, -0.1) is 11.3 Å². The van der Waals surface area contributed by atoms with Crippen LogP contribution in [0, 0.1) is 0 Å². The minimum atomic E-state index is -0.0784. The molecule has 1 amide bonds. The Bertz CT molecular complexity index is 648. The van der Waals surface area contributed by atoms with Gasteiger partial charge in [0.15, 0.2) is 0 Å². The first-order chi connectivity index (χ1) is 11.3. The molecule has 122 valence electrons. The molecule has 1 aliphatic heterocycles. The molecule has 1 aromatic heterocycles. The number of amides is 1. The van der Waals surface area contributed by atoms with Gasteiger partial charge in [-0.1, -0.05) is 0 Å². The predicted molar refractivity (Wildman–Crippen MR) is 92.1 cm³/mol. The average molecular weight is 331 g/mol. The van der Waals surface area contributed by atoms with Crippen LogP contribution in [-0.2, 0) is 0 Å². The Balaban J connectivity index is 1.65. The number of thiazole rings is 1. The second kappa shape index (κ2) is 7.57. The van der Waals surface area contributed by atoms with E-state index in [9.17, 15) is 4.79 Å². The van der Waals surface area contributed by atoms with E-state index in [0.29, 0.717) is 12.3 Å². The van der Waals surface area contributed by atoms with Gasteiger partial charge in [0.2, 0.25) is 0 Å². The molecule has 3 rings (SSSR count). The van der Waals surface area contributed by atoms with Crippen LogP contribution in [0.5, 0.6) is 5.75 Å². The molecule has 6 heteroatoms. The van der Waals surface area contributed by atoms with E-state index in [2.05, 4.69) is 15.6 Å². The lowest BCUT2D eigenvalue weighted by atomic mass is 10.1. The molecule has 2 heterocycles. The van der Waals surface area contributed by atoms with Gasteiger partial charge in [0.1, 0.15) is 16.5 Å². The van der Waals surface area contributed by atoms with E-state index < -0.39 is 0 Å². The Hall–Kier alpha value is -1.92. The summed E-state index contributed by atoms with van der Waals surface area (Å²) < 4.78 is 5.44. The van der Waals surface area contributed by atoms with Gasteiger partial charge in [0, 0.05) is 17.0 Å². The fourth-order valence-corrected chi connectivity index (χ4v) is 3.40. The SMILES string of the molecule is CCOc1ccc(-c2nc(C(=O)NC3CCNCC3)cs2)cc1. The first-order valence-corrected chi connectivity index (χ1v) is 8.84. The number of piperidine rings is 1. The van der Waals surface area contributed by atoms with Crippen LogP contribution in [0.15, 0.2) is 29.6 Å². The molecule has 0 atom stereocenters. The summed E-state index contributed by atoms with van der Waals surface area (Å²) in [5.74, 6) is 0.766. The summed E-state index contributed by atoms with van der Waals surface area (Å²) in [6.07, 6.45) is 1.95. The Morgan fingerprint density at radius 3 is 2.78 bits per heavy atom. The molecule has 0 bridgehead atoms. The second-order valence-electron chi connectivity index (χ2n) is 5.49. The number of carbonyl (C=O) groups excluding carboxylic acids is 1. The zero-order chi connectivity index (χ0) is 16.1. The number of ether oxygens (including phenoxy) is 1. The lowest BCUT2D eigenvalue weighted by Crippen LogP contribution is -2.42. The van der Waals surface area contributed by atoms with E-state index >= 15 is 0 Å². The van der Waals surface area contributed by atoms with Crippen LogP contribution in [0.3, 0.4) is 0 Å². The minimum Gasteiger partial charge on any atom is -0.494 e. The first kappa shape index (κ1) is 16.0. The molecule has 5 nitrogen and oxygen atoms in total. The molecule has 23 heavy (non-hydrogen) atoms. The highest BCUT2D eigenvalue weighted by atomic mass is 32.1. The molecule has 1 aromatic carbocycles. The van der Waals surface area contributed by atoms with Gasteiger partial charge < -0.3 is 15.4 Å². The van der Waals surface area contributed by atoms with Gasteiger partial charge in [-0.3, -0.25) is 4.79 Å². The number of benzene rings is 1. The van der Waals surface area contributed by atoms with E-state index in [4.69, 9.17) is 4.74 Å². The summed E-state index contributed by atoms with van der Waals surface area (Å²) in [5, 5.41) is 9.03. The first-order valence-electron chi connectivity index (χ1n) is 7.96. The van der Waals surface area contributed by atoms with Crippen molar-refractivity contribution < 1.29 is 9.53 Å². The maximum atomic E-state index is 12.3. The molecular formula is C17H21N3O2S. The smallest absolute Gasteiger partial charge is 0.270 e. The number of nitrogens with one attached hydrogen (secondary N) is 2. The molecule has 1 fully saturated rings. The third kappa shape index (κ3) is 4.09. The van der Waals surface area contributed by atoms with Crippen molar-refractivity contribution in [1.29, 1.82) is 0 Å². The van der Waals surface area contributed by atoms with Gasteiger partial charge in [-0.25, -0.2) is 4.98 Å². The quantitative estimate of drug-likeness (QED) is 0.884. The summed E-state index contributed by atoms with van der Waals surface area (Å²) in [6.45, 7) is 4.53. The van der Waals surface area contributed by atoms with Crippen LogP contribution in [0.25, 0.3) is 10.6 Å². The van der Waals surface area contributed by atoms with Crippen LogP contribution in [0.1, 0.15) is 30.3 Å². The standard InChI is InChI=1S/C17H21N3O2S/c1-2-22-14-5-3-12(4-6-14)17-20-15(11-23-17)16(21)19-13-7-9-18-10-8-13/h3-6,11,13,18H,2,7-10H2,1H3,(H,19,21). The van der Waals surface area contributed by atoms with Gasteiger partial charge in [0.05, 0.1) is 6.61 Å². The van der Waals surface area contributed by atoms with Crippen LogP contribution < -0.4 is 15.4 Å². The van der Waals surface area contributed by atoms with E-state index in [1.54, 1.807) is 0 Å². The van der Waals surface area contributed by atoms with Crippen molar-refractivity contribution >= 4 is 17.2 Å². The highest BCUT2D eigenvalue weighted by Crippen LogP contribution is 2.25. The van der Waals surface area contributed by atoms with Crippen molar-refractivity contribution in [3.8, 4) is 16.3 Å². The van der Waals surface area contributed by atoms with E-state index in [-0.39, 0.29) is 11.9 Å². The number of rotatable bonds is 5. The van der Waals surface area contributed by atoms with Gasteiger partial charge >= 0.3 is 0 Å². The highest BCUT2D eigenvalue weighted by Gasteiger charge is 2.18. The maximum absolute atomic E-state index is 12.3. The van der Waals surface area contributed by atoms with E-state index in [1.807, 2.05) is 36.6 Å². The fourth-order valence-electron chi connectivity index (χ4n) is 2.60. The lowest BCUT2D eigenvalue weighted by Gasteiger charge is -2.23. The minimum absolute atomic E-state index is 0.0784. The molecule has 0 unspecified atom stereocenters. The third-order valence-corrected chi connectivity index (χ3v) is 4.71. The zero-order valence-corrected chi connectivity index (χ0v) is 14.0. The Morgan fingerprint density at radius 2 is 2.09 bits per heavy atom. The predicted octanol–water partition coefficient (Wildman–Crippen LogP) is 2.69. The largest absolute Gasteiger partial charge is 0.494 e. The number of hydrogen-bond donors (Lipinski definition) is 2. The van der Waals surface area contributed by atoms with Crippen LogP contribution in [0.2, 0.25) is 0 Å². The summed E-state index contributed by atoms with van der Waals surface area (Å²) in [4.78, 5) is 16.8. The second-order valence-corrected chi connectivity index (χ2v) is 6.35. The van der Waals surface area contributed by atoms with Crippen molar-refractivity contribution in [1.82, 2.24) is 15.6 Å². The highest BCUT2D eigenvalue weighted by molar-refractivity contribution is 7.13. The summed E-state index contributed by atoms with van der Waals surface area (Å²) in [5.41, 5.74) is 1.50. The normalized spacial score (nSPS) is 15.3. The third-order valence-electron chi connectivity index (χ3n) is 3.82. The van der Waals surface area contributed by atoms with Crippen molar-refractivity contribution in [3.05, 3.63) is 35.3 Å². The van der Waals surface area contributed by atoms with Crippen molar-refractivity contribution in [2.24, 2.45) is 0 Å². The summed E-state index contributed by atoms with van der Waals surface area (Å²) >= 11 is 1.49. The Labute approximate surface area is 140 Å². The Kier molecular flexibility index (Phi) is 5.25. The van der Waals surface area contributed by atoms with Crippen molar-refractivity contribution in [2.75, 3.05) is 19.7 Å². The molecule has 0 aliphatic carbocycles. The van der Waals surface area contributed by atoms with Crippen LogP contribution in [0.4, 0.5) is 0 Å². The summed E-state index contributed by atoms with van der Waals surface area (Å²) in [7, 11) is 0. The average Bonchev–Trinajstić information content (AvgIpc) is 3.07. The van der Waals surface area contributed by atoms with Crippen molar-refractivity contribution in [2.45, 2.75) is 25.8 Å². The zero-order valence-electron chi connectivity index (χ0n) is 13.2. The molecule has 0 saturated carbocycles.